The molecule has 0 saturated heterocycles. The van der Waals surface area contributed by atoms with Gasteiger partial charge in [-0.25, -0.2) is 4.98 Å². The van der Waals surface area contributed by atoms with Crippen LogP contribution < -0.4 is 15.2 Å². The summed E-state index contributed by atoms with van der Waals surface area (Å²) in [5.41, 5.74) is 5.67. The zero-order valence-electron chi connectivity index (χ0n) is 11.3. The average molecular weight is 278 g/mol. The summed E-state index contributed by atoms with van der Waals surface area (Å²) in [4.78, 5) is 5.38. The molecule has 4 nitrogen and oxygen atoms in total. The Morgan fingerprint density at radius 3 is 2.68 bits per heavy atom. The lowest BCUT2D eigenvalue weighted by Gasteiger charge is -2.14. The number of aromatic nitrogens is 1. The van der Waals surface area contributed by atoms with Crippen LogP contribution in [0, 0.1) is 0 Å². The van der Waals surface area contributed by atoms with Gasteiger partial charge in [-0.3, -0.25) is 0 Å². The van der Waals surface area contributed by atoms with Crippen LogP contribution in [0.3, 0.4) is 0 Å². The number of ether oxygens (including phenoxy) is 2. The Labute approximate surface area is 117 Å². The summed E-state index contributed by atoms with van der Waals surface area (Å²) in [5, 5.41) is 0.913. The van der Waals surface area contributed by atoms with Crippen molar-refractivity contribution in [1.82, 2.24) is 4.98 Å². The molecular weight excluding hydrogens is 260 g/mol. The van der Waals surface area contributed by atoms with E-state index in [1.54, 1.807) is 18.4 Å². The predicted octanol–water partition coefficient (Wildman–Crippen LogP) is 2.92. The van der Waals surface area contributed by atoms with Crippen LogP contribution >= 0.6 is 11.3 Å². The lowest BCUT2D eigenvalue weighted by atomic mass is 10.1. The summed E-state index contributed by atoms with van der Waals surface area (Å²) in [7, 11) is 1.63. The van der Waals surface area contributed by atoms with E-state index in [0.717, 1.165) is 21.4 Å². The molecule has 0 aliphatic carbocycles. The smallest absolute Gasteiger partial charge is 0.140 e. The van der Waals surface area contributed by atoms with E-state index in [0.29, 0.717) is 6.61 Å². The Morgan fingerprint density at radius 1 is 1.32 bits per heavy atom. The second kappa shape index (κ2) is 5.59. The first-order chi connectivity index (χ1) is 8.99. The van der Waals surface area contributed by atoms with Crippen LogP contribution in [0.4, 0.5) is 0 Å². The Hall–Kier alpha value is -1.59. The highest BCUT2D eigenvalue weighted by molar-refractivity contribution is 7.11. The Balaban J connectivity index is 2.00. The molecule has 5 heteroatoms. The van der Waals surface area contributed by atoms with E-state index < -0.39 is 0 Å². The van der Waals surface area contributed by atoms with Crippen LogP contribution in [0.2, 0.25) is 0 Å². The highest BCUT2D eigenvalue weighted by atomic mass is 32.1. The highest BCUT2D eigenvalue weighted by Crippen LogP contribution is 2.25. The van der Waals surface area contributed by atoms with Gasteiger partial charge in [0, 0.05) is 22.7 Å². The van der Waals surface area contributed by atoms with E-state index in [4.69, 9.17) is 15.2 Å². The molecule has 0 aliphatic heterocycles. The molecule has 0 bridgehead atoms. The maximum absolute atomic E-state index is 6.03. The summed E-state index contributed by atoms with van der Waals surface area (Å²) in [6.45, 7) is 4.37. The topological polar surface area (TPSA) is 57.4 Å². The van der Waals surface area contributed by atoms with Crippen molar-refractivity contribution in [3.05, 3.63) is 40.3 Å². The maximum atomic E-state index is 6.03. The van der Waals surface area contributed by atoms with E-state index in [1.165, 1.54) is 0 Å². The number of thiazole rings is 1. The second-order valence-corrected chi connectivity index (χ2v) is 5.92. The largest absolute Gasteiger partial charge is 0.497 e. The minimum Gasteiger partial charge on any atom is -0.497 e. The van der Waals surface area contributed by atoms with Crippen LogP contribution in [0.1, 0.15) is 23.7 Å². The molecule has 0 radical (unpaired) electrons. The van der Waals surface area contributed by atoms with E-state index in [2.05, 4.69) is 4.98 Å². The van der Waals surface area contributed by atoms with E-state index in [9.17, 15) is 0 Å². The van der Waals surface area contributed by atoms with E-state index in [1.807, 2.05) is 44.3 Å². The molecule has 0 atom stereocenters. The second-order valence-electron chi connectivity index (χ2n) is 4.81. The average Bonchev–Trinajstić information content (AvgIpc) is 2.85. The van der Waals surface area contributed by atoms with Crippen LogP contribution in [-0.2, 0) is 12.1 Å². The monoisotopic (exact) mass is 278 g/mol. The summed E-state index contributed by atoms with van der Waals surface area (Å²) < 4.78 is 10.8. The van der Waals surface area contributed by atoms with Gasteiger partial charge < -0.3 is 15.2 Å². The van der Waals surface area contributed by atoms with Crippen LogP contribution in [0.5, 0.6) is 11.5 Å². The molecule has 1 aromatic heterocycles. The summed E-state index contributed by atoms with van der Waals surface area (Å²) >= 11 is 1.58. The molecule has 2 rings (SSSR count). The number of methoxy groups -OCH3 is 1. The zero-order chi connectivity index (χ0) is 13.9. The Kier molecular flexibility index (Phi) is 4.07. The molecule has 0 amide bonds. The minimum atomic E-state index is -0.355. The van der Waals surface area contributed by atoms with Crippen LogP contribution in [0.15, 0.2) is 30.5 Å². The van der Waals surface area contributed by atoms with Gasteiger partial charge in [0.1, 0.15) is 23.1 Å². The predicted molar refractivity (Wildman–Crippen MR) is 76.7 cm³/mol. The summed E-state index contributed by atoms with van der Waals surface area (Å²) in [6, 6.07) is 7.51. The molecule has 1 heterocycles. The minimum absolute atomic E-state index is 0.355. The van der Waals surface area contributed by atoms with Crippen molar-refractivity contribution < 1.29 is 9.47 Å². The van der Waals surface area contributed by atoms with Gasteiger partial charge in [-0.05, 0) is 26.0 Å². The van der Waals surface area contributed by atoms with Gasteiger partial charge in [0.15, 0.2) is 0 Å². The maximum Gasteiger partial charge on any atom is 0.140 e. The summed E-state index contributed by atoms with van der Waals surface area (Å²) in [5.74, 6) is 1.54. The Bertz CT molecular complexity index is 546. The van der Waals surface area contributed by atoms with Gasteiger partial charge in [-0.1, -0.05) is 6.07 Å². The third-order valence-corrected chi connectivity index (χ3v) is 3.90. The highest BCUT2D eigenvalue weighted by Gasteiger charge is 2.17. The SMILES string of the molecule is COc1cccc(OCc2ncc(C(C)(C)N)s2)c1. The van der Waals surface area contributed by atoms with Gasteiger partial charge in [0.2, 0.25) is 0 Å². The number of hydrogen-bond donors (Lipinski definition) is 1. The number of hydrogen-bond acceptors (Lipinski definition) is 5. The third-order valence-electron chi connectivity index (χ3n) is 2.59. The van der Waals surface area contributed by atoms with Crippen molar-refractivity contribution in [3.8, 4) is 11.5 Å². The van der Waals surface area contributed by atoms with Crippen LogP contribution in [0.25, 0.3) is 0 Å². The van der Waals surface area contributed by atoms with Crippen molar-refractivity contribution >= 4 is 11.3 Å². The third kappa shape index (κ3) is 3.68. The van der Waals surface area contributed by atoms with Gasteiger partial charge in [-0.2, -0.15) is 0 Å². The number of rotatable bonds is 5. The molecular formula is C14H18N2O2S. The van der Waals surface area contributed by atoms with Crippen LogP contribution in [-0.4, -0.2) is 12.1 Å². The van der Waals surface area contributed by atoms with Crippen molar-refractivity contribution in [2.45, 2.75) is 26.0 Å². The molecule has 0 fully saturated rings. The fraction of sp³-hybridized carbons (Fsp3) is 0.357. The fourth-order valence-corrected chi connectivity index (χ4v) is 2.36. The van der Waals surface area contributed by atoms with Crippen molar-refractivity contribution in [2.75, 3.05) is 7.11 Å². The molecule has 2 aromatic rings. The zero-order valence-corrected chi connectivity index (χ0v) is 12.2. The first-order valence-corrected chi connectivity index (χ1v) is 6.81. The lowest BCUT2D eigenvalue weighted by Crippen LogP contribution is -2.27. The molecule has 102 valence electrons. The molecule has 0 unspecified atom stereocenters. The normalized spacial score (nSPS) is 11.4. The van der Waals surface area contributed by atoms with Crippen molar-refractivity contribution in [3.63, 3.8) is 0 Å². The van der Waals surface area contributed by atoms with Crippen molar-refractivity contribution in [1.29, 1.82) is 0 Å². The van der Waals surface area contributed by atoms with Crippen molar-refractivity contribution in [2.24, 2.45) is 5.73 Å². The molecule has 0 spiro atoms. The standard InChI is InChI=1S/C14H18N2O2S/c1-14(2,15)12-8-16-13(19-12)9-18-11-6-4-5-10(7-11)17-3/h4-8H,9,15H2,1-3H3. The van der Waals surface area contributed by atoms with Gasteiger partial charge in [0.05, 0.1) is 7.11 Å². The first-order valence-electron chi connectivity index (χ1n) is 6.00. The summed E-state index contributed by atoms with van der Waals surface area (Å²) in [6.07, 6.45) is 1.81. The molecule has 1 aromatic carbocycles. The number of benzene rings is 1. The Morgan fingerprint density at radius 2 is 2.05 bits per heavy atom. The quantitative estimate of drug-likeness (QED) is 0.913. The van der Waals surface area contributed by atoms with Gasteiger partial charge >= 0.3 is 0 Å². The fourth-order valence-electron chi connectivity index (χ4n) is 1.51. The molecule has 19 heavy (non-hydrogen) atoms. The van der Waals surface area contributed by atoms with Gasteiger partial charge in [-0.15, -0.1) is 11.3 Å². The van der Waals surface area contributed by atoms with Gasteiger partial charge in [0.25, 0.3) is 0 Å². The molecule has 0 aliphatic rings. The van der Waals surface area contributed by atoms with E-state index >= 15 is 0 Å². The lowest BCUT2D eigenvalue weighted by molar-refractivity contribution is 0.303. The number of nitrogens with zero attached hydrogens (tertiary/aromatic N) is 1. The molecule has 2 N–H and O–H groups in total. The van der Waals surface area contributed by atoms with E-state index in [-0.39, 0.29) is 5.54 Å². The molecule has 0 saturated carbocycles. The number of nitrogens with two attached hydrogens (primary N) is 1. The first kappa shape index (κ1) is 13.8.